The largest absolute Gasteiger partial charge is 0.483 e. The molecule has 11 heteroatoms. The fourth-order valence-electron chi connectivity index (χ4n) is 5.20. The third-order valence-electron chi connectivity index (χ3n) is 7.51. The van der Waals surface area contributed by atoms with Gasteiger partial charge in [-0.15, -0.1) is 0 Å². The van der Waals surface area contributed by atoms with Crippen molar-refractivity contribution >= 4 is 17.6 Å². The number of hydrogen-bond acceptors (Lipinski definition) is 5. The Morgan fingerprint density at radius 2 is 1.73 bits per heavy atom. The van der Waals surface area contributed by atoms with Gasteiger partial charge in [-0.05, 0) is 18.4 Å². The highest BCUT2D eigenvalue weighted by atomic mass is 19.1. The van der Waals surface area contributed by atoms with E-state index in [0.29, 0.717) is 17.7 Å². The molecule has 1 saturated heterocycles. The zero-order valence-electron chi connectivity index (χ0n) is 21.7. The lowest BCUT2D eigenvalue weighted by Gasteiger charge is -2.38. The monoisotopic (exact) mass is 553 g/mol. The van der Waals surface area contributed by atoms with Crippen LogP contribution in [0.25, 0.3) is 0 Å². The Bertz CT molecular complexity index is 1550. The van der Waals surface area contributed by atoms with Crippen molar-refractivity contribution in [2.24, 2.45) is 5.92 Å². The molecule has 208 valence electrons. The van der Waals surface area contributed by atoms with Gasteiger partial charge in [0, 0.05) is 43.4 Å². The van der Waals surface area contributed by atoms with Crippen molar-refractivity contribution < 1.29 is 32.3 Å². The summed E-state index contributed by atoms with van der Waals surface area (Å²) in [5, 5.41) is 2.31. The van der Waals surface area contributed by atoms with Gasteiger partial charge in [0.1, 0.15) is 29.6 Å². The summed E-state index contributed by atoms with van der Waals surface area (Å²) >= 11 is 0. The van der Waals surface area contributed by atoms with Crippen LogP contribution in [0.3, 0.4) is 0 Å². The van der Waals surface area contributed by atoms with Gasteiger partial charge in [-0.1, -0.05) is 37.3 Å². The Hall–Kier alpha value is -4.41. The Balaban J connectivity index is 1.58. The van der Waals surface area contributed by atoms with Crippen LogP contribution in [0.1, 0.15) is 58.3 Å². The first kappa shape index (κ1) is 27.2. The molecule has 2 amide bonds. The first-order chi connectivity index (χ1) is 19.1. The van der Waals surface area contributed by atoms with Crippen LogP contribution >= 0.6 is 0 Å². The number of aromatic nitrogens is 1. The second kappa shape index (κ2) is 10.6. The van der Waals surface area contributed by atoms with E-state index in [0.717, 1.165) is 0 Å². The minimum Gasteiger partial charge on any atom is -0.483 e. The molecule has 40 heavy (non-hydrogen) atoms. The molecule has 2 aliphatic heterocycles. The quantitative estimate of drug-likeness (QED) is 0.501. The van der Waals surface area contributed by atoms with Crippen LogP contribution in [-0.4, -0.2) is 39.7 Å². The van der Waals surface area contributed by atoms with E-state index >= 15 is 0 Å². The third kappa shape index (κ3) is 4.87. The number of ketones is 1. The molecule has 2 bridgehead atoms. The van der Waals surface area contributed by atoms with Crippen molar-refractivity contribution in [3.05, 3.63) is 98.7 Å². The maximum absolute atomic E-state index is 14.1. The van der Waals surface area contributed by atoms with Gasteiger partial charge in [0.15, 0.2) is 17.2 Å². The Morgan fingerprint density at radius 3 is 2.40 bits per heavy atom. The summed E-state index contributed by atoms with van der Waals surface area (Å²) < 4.78 is 49.0. The van der Waals surface area contributed by atoms with E-state index < -0.39 is 64.5 Å². The molecule has 2 aromatic carbocycles. The van der Waals surface area contributed by atoms with Gasteiger partial charge in [-0.3, -0.25) is 19.2 Å². The minimum absolute atomic E-state index is 0.0715. The fraction of sp³-hybridized carbons (Fsp3) is 0.310. The maximum Gasteiger partial charge on any atom is 0.275 e. The molecule has 3 atom stereocenters. The van der Waals surface area contributed by atoms with Crippen molar-refractivity contribution in [1.29, 1.82) is 0 Å². The molecule has 1 fully saturated rings. The van der Waals surface area contributed by atoms with Crippen LogP contribution in [0, 0.1) is 23.4 Å². The number of halogens is 3. The predicted octanol–water partition coefficient (Wildman–Crippen LogP) is 3.77. The van der Waals surface area contributed by atoms with Crippen molar-refractivity contribution in [1.82, 2.24) is 14.8 Å². The highest BCUT2D eigenvalue weighted by Crippen LogP contribution is 2.36. The van der Waals surface area contributed by atoms with E-state index in [1.54, 1.807) is 37.3 Å². The molecule has 0 unspecified atom stereocenters. The number of Topliss-reactive ketones (excluding diaryl/α,β-unsaturated/α-hetero) is 1. The van der Waals surface area contributed by atoms with Crippen LogP contribution in [0.4, 0.5) is 13.2 Å². The van der Waals surface area contributed by atoms with Crippen molar-refractivity contribution in [3.63, 3.8) is 0 Å². The molecule has 1 aromatic heterocycles. The zero-order valence-corrected chi connectivity index (χ0v) is 21.7. The van der Waals surface area contributed by atoms with Crippen LogP contribution in [0.5, 0.6) is 5.75 Å². The van der Waals surface area contributed by atoms with Crippen molar-refractivity contribution in [2.45, 2.75) is 45.5 Å². The predicted molar refractivity (Wildman–Crippen MR) is 137 cm³/mol. The van der Waals surface area contributed by atoms with E-state index in [4.69, 9.17) is 4.74 Å². The molecule has 2 aliphatic rings. The number of hydrogen-bond donors (Lipinski definition) is 1. The average molecular weight is 554 g/mol. The van der Waals surface area contributed by atoms with E-state index in [2.05, 4.69) is 5.32 Å². The summed E-state index contributed by atoms with van der Waals surface area (Å²) in [6.45, 7) is 2.94. The van der Waals surface area contributed by atoms with Crippen molar-refractivity contribution in [3.8, 4) is 5.75 Å². The highest BCUT2D eigenvalue weighted by Gasteiger charge is 2.44. The van der Waals surface area contributed by atoms with E-state index in [9.17, 15) is 32.3 Å². The lowest BCUT2D eigenvalue weighted by Crippen LogP contribution is -2.50. The standard InChI is InChI=1S/C29H26F3N3O5/c1-15-8-24(36)16(2)34-13-23(15)35-12-20(28(38)33-11-19-21(31)9-18(30)10-22(19)32)26(37)27(25(35)29(34)39)40-14-17-6-4-3-5-7-17/h3-7,9-10,12,15-16,23H,8,11,13-14H2,1-2H3,(H,33,38)/t15-,16+,23-/m1/s1. The number of nitrogens with zero attached hydrogens (tertiary/aromatic N) is 2. The summed E-state index contributed by atoms with van der Waals surface area (Å²) in [5.74, 6) is -5.75. The Labute approximate surface area is 227 Å². The van der Waals surface area contributed by atoms with Crippen LogP contribution in [0.15, 0.2) is 53.5 Å². The molecular formula is C29H26F3N3O5. The molecular weight excluding hydrogens is 527 g/mol. The van der Waals surface area contributed by atoms with E-state index in [1.807, 2.05) is 6.92 Å². The zero-order chi connectivity index (χ0) is 28.7. The first-order valence-electron chi connectivity index (χ1n) is 12.8. The second-order valence-electron chi connectivity index (χ2n) is 10.1. The molecule has 5 rings (SSSR count). The number of amides is 2. The molecule has 3 aromatic rings. The normalized spacial score (nSPS) is 20.1. The number of rotatable bonds is 6. The number of carbonyl (C=O) groups excluding carboxylic acids is 3. The SMILES string of the molecule is C[C@@H]1CC(=O)[C@H](C)N2C[C@H]1n1cc(C(=O)NCc3c(F)cc(F)cc3F)c(=O)c(OCc3ccccc3)c1C2=O. The van der Waals surface area contributed by atoms with Gasteiger partial charge in [0.05, 0.1) is 12.1 Å². The van der Waals surface area contributed by atoms with Gasteiger partial charge in [0.25, 0.3) is 11.8 Å². The Morgan fingerprint density at radius 1 is 1.05 bits per heavy atom. The topological polar surface area (TPSA) is 97.7 Å². The van der Waals surface area contributed by atoms with E-state index in [-0.39, 0.29) is 42.7 Å². The number of nitrogens with one attached hydrogen (secondary N) is 1. The van der Waals surface area contributed by atoms with Crippen molar-refractivity contribution in [2.75, 3.05) is 6.54 Å². The van der Waals surface area contributed by atoms with Gasteiger partial charge < -0.3 is 19.5 Å². The summed E-state index contributed by atoms with van der Waals surface area (Å²) in [4.78, 5) is 54.6. The number of ether oxygens (including phenoxy) is 1. The molecule has 8 nitrogen and oxygen atoms in total. The van der Waals surface area contributed by atoms with Crippen LogP contribution in [-0.2, 0) is 17.9 Å². The van der Waals surface area contributed by atoms with Crippen LogP contribution < -0.4 is 15.5 Å². The first-order valence-corrected chi connectivity index (χ1v) is 12.8. The Kier molecular flexibility index (Phi) is 7.22. The van der Waals surface area contributed by atoms with Gasteiger partial charge >= 0.3 is 0 Å². The second-order valence-corrected chi connectivity index (χ2v) is 10.1. The summed E-state index contributed by atoms with van der Waals surface area (Å²) in [7, 11) is 0. The van der Waals surface area contributed by atoms with Gasteiger partial charge in [-0.2, -0.15) is 0 Å². The molecule has 0 saturated carbocycles. The molecule has 0 aliphatic carbocycles. The van der Waals surface area contributed by atoms with Gasteiger partial charge in [0.2, 0.25) is 5.43 Å². The third-order valence-corrected chi connectivity index (χ3v) is 7.51. The highest BCUT2D eigenvalue weighted by molar-refractivity contribution is 6.01. The summed E-state index contributed by atoms with van der Waals surface area (Å²) in [5.41, 5.74) is -1.25. The molecule has 0 radical (unpaired) electrons. The smallest absolute Gasteiger partial charge is 0.275 e. The summed E-state index contributed by atoms with van der Waals surface area (Å²) in [6, 6.07) is 8.72. The van der Waals surface area contributed by atoms with Gasteiger partial charge in [-0.25, -0.2) is 13.2 Å². The molecule has 3 heterocycles. The fourth-order valence-corrected chi connectivity index (χ4v) is 5.20. The minimum atomic E-state index is -1.19. The number of fused-ring (bicyclic) bond motifs is 4. The lowest BCUT2D eigenvalue weighted by atomic mass is 9.95. The lowest BCUT2D eigenvalue weighted by molar-refractivity contribution is -0.122. The number of carbonyl (C=O) groups is 3. The summed E-state index contributed by atoms with van der Waals surface area (Å²) in [6.07, 6.45) is 1.42. The molecule has 1 N–H and O–H groups in total. The maximum atomic E-state index is 14.1. The van der Waals surface area contributed by atoms with E-state index in [1.165, 1.54) is 15.7 Å². The van der Waals surface area contributed by atoms with Crippen LogP contribution in [0.2, 0.25) is 0 Å². The number of pyridine rings is 1. The number of benzene rings is 2. The average Bonchev–Trinajstić information content (AvgIpc) is 3.01. The molecule has 0 spiro atoms.